The highest BCUT2D eigenvalue weighted by Gasteiger charge is 2.54. The lowest BCUT2D eigenvalue weighted by molar-refractivity contribution is -0.137. The molecule has 3 aliphatic heterocycles. The first-order valence-corrected chi connectivity index (χ1v) is 10.1. The van der Waals surface area contributed by atoms with Crippen molar-refractivity contribution in [3.63, 3.8) is 0 Å². The van der Waals surface area contributed by atoms with Crippen LogP contribution in [0.25, 0.3) is 0 Å². The topological polar surface area (TPSA) is 59.5 Å². The molecule has 2 unspecified atom stereocenters. The molecule has 2 atom stereocenters. The largest absolute Gasteiger partial charge is 0.328 e. The number of rotatable bonds is 4. The number of nitrogens with zero attached hydrogens (tertiary/aromatic N) is 5. The summed E-state index contributed by atoms with van der Waals surface area (Å²) in [6.45, 7) is 6.16. The summed E-state index contributed by atoms with van der Waals surface area (Å²) < 4.78 is 1.02. The number of hydrogen-bond acceptors (Lipinski definition) is 5. The molecule has 8 heteroatoms. The van der Waals surface area contributed by atoms with Crippen molar-refractivity contribution in [3.05, 3.63) is 28.7 Å². The fourth-order valence-electron chi connectivity index (χ4n) is 3.90. The van der Waals surface area contributed by atoms with Crippen LogP contribution in [0.1, 0.15) is 20.3 Å². The number of amides is 3. The van der Waals surface area contributed by atoms with Crippen molar-refractivity contribution in [2.45, 2.75) is 32.5 Å². The standard InChI is InChI=1S/C19H24BrN5O2/c1-12(2)8-9-25-17(26)15-16(22(3)19(25)27)21-18-23(10-11-24(15)18)14-6-4-13(20)5-7-14/h4-7,12,15-16H,8-11H2,1-3H3. The van der Waals surface area contributed by atoms with E-state index in [1.165, 1.54) is 4.90 Å². The van der Waals surface area contributed by atoms with E-state index in [0.29, 0.717) is 12.5 Å². The van der Waals surface area contributed by atoms with Crippen LogP contribution in [0, 0.1) is 5.92 Å². The molecular weight excluding hydrogens is 410 g/mol. The number of hydrogen-bond donors (Lipinski definition) is 0. The van der Waals surface area contributed by atoms with E-state index in [9.17, 15) is 9.59 Å². The number of carbonyl (C=O) groups is 2. The fourth-order valence-corrected chi connectivity index (χ4v) is 4.16. The van der Waals surface area contributed by atoms with Crippen molar-refractivity contribution in [3.8, 4) is 0 Å². The van der Waals surface area contributed by atoms with Crippen LogP contribution in [0.2, 0.25) is 0 Å². The summed E-state index contributed by atoms with van der Waals surface area (Å²) in [4.78, 5) is 37.8. The van der Waals surface area contributed by atoms with Gasteiger partial charge in [0.05, 0.1) is 0 Å². The van der Waals surface area contributed by atoms with Crippen molar-refractivity contribution in [2.24, 2.45) is 10.9 Å². The highest BCUT2D eigenvalue weighted by atomic mass is 79.9. The third-order valence-electron chi connectivity index (χ3n) is 5.45. The minimum Gasteiger partial charge on any atom is -0.325 e. The molecule has 0 aliphatic carbocycles. The van der Waals surface area contributed by atoms with E-state index in [1.807, 2.05) is 24.3 Å². The molecule has 3 amide bonds. The van der Waals surface area contributed by atoms with Crippen LogP contribution < -0.4 is 4.90 Å². The Bertz CT molecular complexity index is 794. The van der Waals surface area contributed by atoms with E-state index in [-0.39, 0.29) is 11.9 Å². The Kier molecular flexibility index (Phi) is 4.61. The van der Waals surface area contributed by atoms with Crippen LogP contribution in [0.15, 0.2) is 33.7 Å². The molecule has 3 heterocycles. The van der Waals surface area contributed by atoms with E-state index in [2.05, 4.69) is 39.6 Å². The van der Waals surface area contributed by atoms with Crippen molar-refractivity contribution in [1.29, 1.82) is 0 Å². The van der Waals surface area contributed by atoms with Gasteiger partial charge < -0.3 is 14.7 Å². The van der Waals surface area contributed by atoms with Gasteiger partial charge in [0.15, 0.2) is 12.2 Å². The molecule has 2 fully saturated rings. The Balaban J connectivity index is 1.61. The first-order chi connectivity index (χ1) is 12.9. The maximum atomic E-state index is 13.1. The molecule has 1 aromatic rings. The van der Waals surface area contributed by atoms with Crippen LogP contribution in [0.4, 0.5) is 10.5 Å². The molecule has 0 radical (unpaired) electrons. The van der Waals surface area contributed by atoms with Crippen molar-refractivity contribution < 1.29 is 9.59 Å². The number of carbonyl (C=O) groups excluding carboxylic acids is 2. The average Bonchev–Trinajstić information content (AvgIpc) is 3.19. The first kappa shape index (κ1) is 18.3. The van der Waals surface area contributed by atoms with E-state index in [4.69, 9.17) is 4.99 Å². The summed E-state index contributed by atoms with van der Waals surface area (Å²) in [7, 11) is 1.74. The quantitative estimate of drug-likeness (QED) is 0.731. The highest BCUT2D eigenvalue weighted by Crippen LogP contribution is 2.33. The second-order valence-electron chi connectivity index (χ2n) is 7.67. The summed E-state index contributed by atoms with van der Waals surface area (Å²) in [6.07, 6.45) is 0.357. The number of imide groups is 1. The number of urea groups is 1. The van der Waals surface area contributed by atoms with Crippen LogP contribution in [-0.4, -0.2) is 71.5 Å². The lowest BCUT2D eigenvalue weighted by atomic mass is 10.1. The Morgan fingerprint density at radius 2 is 1.89 bits per heavy atom. The Labute approximate surface area is 167 Å². The first-order valence-electron chi connectivity index (χ1n) is 9.34. The molecule has 1 aromatic carbocycles. The van der Waals surface area contributed by atoms with Gasteiger partial charge in [0.1, 0.15) is 0 Å². The van der Waals surface area contributed by atoms with Gasteiger partial charge in [0.2, 0.25) is 5.96 Å². The molecule has 0 spiro atoms. The van der Waals surface area contributed by atoms with E-state index in [1.54, 1.807) is 11.9 Å². The third-order valence-corrected chi connectivity index (χ3v) is 5.97. The number of benzene rings is 1. The number of halogens is 1. The second kappa shape index (κ2) is 6.82. The van der Waals surface area contributed by atoms with Gasteiger partial charge in [0, 0.05) is 36.8 Å². The highest BCUT2D eigenvalue weighted by molar-refractivity contribution is 9.10. The zero-order valence-corrected chi connectivity index (χ0v) is 17.4. The molecule has 7 nitrogen and oxygen atoms in total. The molecule has 144 valence electrons. The summed E-state index contributed by atoms with van der Waals surface area (Å²) in [6, 6.07) is 7.38. The van der Waals surface area contributed by atoms with Crippen molar-refractivity contribution in [2.75, 3.05) is 31.6 Å². The molecule has 4 rings (SSSR count). The van der Waals surface area contributed by atoms with Gasteiger partial charge >= 0.3 is 6.03 Å². The molecule has 27 heavy (non-hydrogen) atoms. The predicted octanol–water partition coefficient (Wildman–Crippen LogP) is 2.58. The van der Waals surface area contributed by atoms with Gasteiger partial charge in [-0.1, -0.05) is 29.8 Å². The lowest BCUT2D eigenvalue weighted by Gasteiger charge is -2.40. The fraction of sp³-hybridized carbons (Fsp3) is 0.526. The maximum absolute atomic E-state index is 13.1. The van der Waals surface area contributed by atoms with Gasteiger partial charge in [-0.25, -0.2) is 9.79 Å². The molecule has 0 N–H and O–H groups in total. The van der Waals surface area contributed by atoms with E-state index >= 15 is 0 Å². The van der Waals surface area contributed by atoms with Crippen molar-refractivity contribution >= 4 is 39.5 Å². The van der Waals surface area contributed by atoms with Crippen LogP contribution >= 0.6 is 15.9 Å². The van der Waals surface area contributed by atoms with Gasteiger partial charge in [-0.15, -0.1) is 0 Å². The summed E-state index contributed by atoms with van der Waals surface area (Å²) in [5, 5.41) is 0. The zero-order valence-electron chi connectivity index (χ0n) is 15.8. The molecule has 0 bridgehead atoms. The minimum atomic E-state index is -0.450. The number of guanidine groups is 1. The predicted molar refractivity (Wildman–Crippen MR) is 108 cm³/mol. The van der Waals surface area contributed by atoms with Gasteiger partial charge in [-0.2, -0.15) is 0 Å². The SMILES string of the molecule is CC(C)CCN1C(=O)C2C(N=C3N(c4ccc(Br)cc4)CCN32)N(C)C1=O. The molecular formula is C19H24BrN5O2. The second-order valence-corrected chi connectivity index (χ2v) is 8.59. The van der Waals surface area contributed by atoms with Crippen LogP contribution in [0.3, 0.4) is 0 Å². The van der Waals surface area contributed by atoms with E-state index in [0.717, 1.165) is 35.6 Å². The number of aliphatic imine (C=N–C) groups is 1. The monoisotopic (exact) mass is 433 g/mol. The third kappa shape index (κ3) is 2.99. The van der Waals surface area contributed by atoms with Crippen LogP contribution in [0.5, 0.6) is 0 Å². The Morgan fingerprint density at radius 1 is 1.19 bits per heavy atom. The van der Waals surface area contributed by atoms with E-state index < -0.39 is 12.2 Å². The van der Waals surface area contributed by atoms with Gasteiger partial charge in [-0.05, 0) is 36.6 Å². The summed E-state index contributed by atoms with van der Waals surface area (Å²) in [5.74, 6) is 1.09. The lowest BCUT2D eigenvalue weighted by Crippen LogP contribution is -2.64. The number of likely N-dealkylation sites (N-methyl/N-ethyl adjacent to an activating group) is 1. The Morgan fingerprint density at radius 3 is 2.56 bits per heavy atom. The number of anilines is 1. The zero-order chi connectivity index (χ0) is 19.3. The minimum absolute atomic E-state index is 0.125. The van der Waals surface area contributed by atoms with Gasteiger partial charge in [0.25, 0.3) is 5.91 Å². The Hall–Kier alpha value is -2.09. The molecule has 3 aliphatic rings. The molecule has 0 aromatic heterocycles. The summed E-state index contributed by atoms with van der Waals surface area (Å²) in [5.41, 5.74) is 1.04. The average molecular weight is 434 g/mol. The smallest absolute Gasteiger partial charge is 0.325 e. The molecule has 2 saturated heterocycles. The maximum Gasteiger partial charge on any atom is 0.328 e. The normalized spacial score (nSPS) is 24.7. The molecule has 0 saturated carbocycles. The number of fused-ring (bicyclic) bond motifs is 3. The van der Waals surface area contributed by atoms with Gasteiger partial charge in [-0.3, -0.25) is 9.69 Å². The van der Waals surface area contributed by atoms with Crippen molar-refractivity contribution in [1.82, 2.24) is 14.7 Å². The van der Waals surface area contributed by atoms with Crippen LogP contribution in [-0.2, 0) is 4.79 Å². The summed E-state index contributed by atoms with van der Waals surface area (Å²) >= 11 is 3.46.